The fourth-order valence-corrected chi connectivity index (χ4v) is 3.35. The van der Waals surface area contributed by atoms with Crippen LogP contribution in [0.5, 0.6) is 0 Å². The van der Waals surface area contributed by atoms with Crippen LogP contribution >= 0.6 is 0 Å². The molecule has 3 rings (SSSR count). The van der Waals surface area contributed by atoms with E-state index in [1.807, 2.05) is 48.5 Å². The average Bonchev–Trinajstić information content (AvgIpc) is 2.93. The van der Waals surface area contributed by atoms with Crippen LogP contribution < -0.4 is 5.32 Å². The molecule has 25 heavy (non-hydrogen) atoms. The Labute approximate surface area is 148 Å². The van der Waals surface area contributed by atoms with Crippen LogP contribution in [0.1, 0.15) is 17.7 Å². The molecule has 5 nitrogen and oxygen atoms in total. The van der Waals surface area contributed by atoms with Crippen LogP contribution in [0.25, 0.3) is 0 Å². The molecule has 2 amide bonds. The molecule has 0 radical (unpaired) electrons. The third-order valence-corrected chi connectivity index (χ3v) is 4.81. The summed E-state index contributed by atoms with van der Waals surface area (Å²) < 4.78 is 0. The Kier molecular flexibility index (Phi) is 5.12. The SMILES string of the molecule is CN1CC[C@](Cc2ccccc2)(C(=O)NCCc2ccccn2)C1=O. The summed E-state index contributed by atoms with van der Waals surface area (Å²) in [5.74, 6) is -0.270. The van der Waals surface area contributed by atoms with Crippen molar-refractivity contribution in [2.75, 3.05) is 20.1 Å². The number of carbonyl (C=O) groups is 2. The highest BCUT2D eigenvalue weighted by Crippen LogP contribution is 2.35. The second-order valence-electron chi connectivity index (χ2n) is 6.55. The van der Waals surface area contributed by atoms with E-state index in [4.69, 9.17) is 0 Å². The molecular formula is C20H23N3O2. The number of rotatable bonds is 6. The Morgan fingerprint density at radius 1 is 1.20 bits per heavy atom. The smallest absolute Gasteiger partial charge is 0.238 e. The first-order valence-electron chi connectivity index (χ1n) is 8.59. The summed E-state index contributed by atoms with van der Waals surface area (Å²) in [7, 11) is 1.76. The molecule has 1 aromatic heterocycles. The molecule has 130 valence electrons. The molecule has 1 saturated heterocycles. The quantitative estimate of drug-likeness (QED) is 0.818. The molecule has 1 aliphatic rings. The number of hydrogen-bond donors (Lipinski definition) is 1. The number of amides is 2. The summed E-state index contributed by atoms with van der Waals surface area (Å²) >= 11 is 0. The number of nitrogens with zero attached hydrogens (tertiary/aromatic N) is 2. The summed E-state index contributed by atoms with van der Waals surface area (Å²) in [6.45, 7) is 1.09. The van der Waals surface area contributed by atoms with E-state index < -0.39 is 5.41 Å². The normalized spacial score (nSPS) is 19.9. The van der Waals surface area contributed by atoms with Crippen molar-refractivity contribution in [3.8, 4) is 0 Å². The standard InChI is InChI=1S/C20H23N3O2/c1-23-14-11-20(19(23)25,15-16-7-3-2-4-8-16)18(24)22-13-10-17-9-5-6-12-21-17/h2-9,12H,10-11,13-15H2,1H3,(H,22,24)/t20-/m0/s1. The van der Waals surface area contributed by atoms with Crippen molar-refractivity contribution in [2.45, 2.75) is 19.3 Å². The Bertz CT molecular complexity index is 733. The molecule has 1 N–H and O–H groups in total. The fraction of sp³-hybridized carbons (Fsp3) is 0.350. The van der Waals surface area contributed by atoms with Gasteiger partial charge in [0.25, 0.3) is 0 Å². The van der Waals surface area contributed by atoms with Crippen molar-refractivity contribution in [1.82, 2.24) is 15.2 Å². The van der Waals surface area contributed by atoms with Gasteiger partial charge in [-0.25, -0.2) is 0 Å². The van der Waals surface area contributed by atoms with Crippen molar-refractivity contribution in [1.29, 1.82) is 0 Å². The fourth-order valence-electron chi connectivity index (χ4n) is 3.35. The van der Waals surface area contributed by atoms with E-state index in [9.17, 15) is 9.59 Å². The molecule has 0 spiro atoms. The number of carbonyl (C=O) groups excluding carboxylic acids is 2. The van der Waals surface area contributed by atoms with E-state index in [1.165, 1.54) is 0 Å². The molecule has 0 unspecified atom stereocenters. The van der Waals surface area contributed by atoms with E-state index in [2.05, 4.69) is 10.3 Å². The highest BCUT2D eigenvalue weighted by molar-refractivity contribution is 6.06. The van der Waals surface area contributed by atoms with E-state index in [1.54, 1.807) is 18.1 Å². The Morgan fingerprint density at radius 3 is 2.60 bits per heavy atom. The minimum absolute atomic E-state index is 0.0910. The number of likely N-dealkylation sites (tertiary alicyclic amines) is 1. The Balaban J connectivity index is 1.71. The van der Waals surface area contributed by atoms with Gasteiger partial charge in [0.1, 0.15) is 5.41 Å². The van der Waals surface area contributed by atoms with Crippen LogP contribution in [-0.4, -0.2) is 41.8 Å². The van der Waals surface area contributed by atoms with Gasteiger partial charge in [0, 0.05) is 38.4 Å². The zero-order valence-electron chi connectivity index (χ0n) is 14.4. The summed E-state index contributed by atoms with van der Waals surface area (Å²) in [5.41, 5.74) is 0.932. The zero-order valence-corrected chi connectivity index (χ0v) is 14.4. The Hall–Kier alpha value is -2.69. The van der Waals surface area contributed by atoms with Crippen molar-refractivity contribution in [3.63, 3.8) is 0 Å². The maximum Gasteiger partial charge on any atom is 0.238 e. The predicted octanol–water partition coefficient (Wildman–Crippen LogP) is 1.83. The highest BCUT2D eigenvalue weighted by Gasteiger charge is 2.51. The minimum atomic E-state index is -1.000. The average molecular weight is 337 g/mol. The van der Waals surface area contributed by atoms with Crippen molar-refractivity contribution in [2.24, 2.45) is 5.41 Å². The summed E-state index contributed by atoms with van der Waals surface area (Å²) in [6, 6.07) is 15.5. The summed E-state index contributed by atoms with van der Waals surface area (Å²) in [6.07, 6.45) is 3.38. The lowest BCUT2D eigenvalue weighted by Gasteiger charge is -2.26. The summed E-state index contributed by atoms with van der Waals surface area (Å²) in [5, 5.41) is 2.96. The third-order valence-electron chi connectivity index (χ3n) is 4.81. The van der Waals surface area contributed by atoms with Crippen LogP contribution in [0.2, 0.25) is 0 Å². The zero-order chi connectivity index (χ0) is 17.7. The van der Waals surface area contributed by atoms with Gasteiger partial charge < -0.3 is 10.2 Å². The van der Waals surface area contributed by atoms with Crippen LogP contribution in [0.4, 0.5) is 0 Å². The lowest BCUT2D eigenvalue weighted by atomic mass is 9.79. The maximum atomic E-state index is 12.9. The Morgan fingerprint density at radius 2 is 1.96 bits per heavy atom. The van der Waals surface area contributed by atoms with Gasteiger partial charge in [-0.2, -0.15) is 0 Å². The van der Waals surface area contributed by atoms with Gasteiger partial charge in [-0.15, -0.1) is 0 Å². The lowest BCUT2D eigenvalue weighted by Crippen LogP contribution is -2.48. The van der Waals surface area contributed by atoms with Gasteiger partial charge in [0.2, 0.25) is 11.8 Å². The minimum Gasteiger partial charge on any atom is -0.355 e. The maximum absolute atomic E-state index is 12.9. The van der Waals surface area contributed by atoms with Crippen molar-refractivity contribution >= 4 is 11.8 Å². The van der Waals surface area contributed by atoms with E-state index >= 15 is 0 Å². The molecule has 0 aliphatic carbocycles. The van der Waals surface area contributed by atoms with Gasteiger partial charge in [-0.1, -0.05) is 36.4 Å². The van der Waals surface area contributed by atoms with Gasteiger partial charge in [0.05, 0.1) is 0 Å². The third kappa shape index (κ3) is 3.71. The number of hydrogen-bond acceptors (Lipinski definition) is 3. The van der Waals surface area contributed by atoms with E-state index in [0.717, 1.165) is 11.3 Å². The molecule has 1 atom stereocenters. The van der Waals surface area contributed by atoms with E-state index in [-0.39, 0.29) is 11.8 Å². The molecule has 2 heterocycles. The first-order valence-corrected chi connectivity index (χ1v) is 8.59. The van der Waals surface area contributed by atoms with Crippen molar-refractivity contribution in [3.05, 3.63) is 66.0 Å². The highest BCUT2D eigenvalue weighted by atomic mass is 16.2. The monoisotopic (exact) mass is 337 g/mol. The molecule has 2 aromatic rings. The second-order valence-corrected chi connectivity index (χ2v) is 6.55. The molecule has 1 aliphatic heterocycles. The second kappa shape index (κ2) is 7.47. The molecule has 1 aromatic carbocycles. The topological polar surface area (TPSA) is 62.3 Å². The number of pyridine rings is 1. The van der Waals surface area contributed by atoms with Crippen LogP contribution in [-0.2, 0) is 22.4 Å². The van der Waals surface area contributed by atoms with Gasteiger partial charge in [-0.3, -0.25) is 14.6 Å². The van der Waals surface area contributed by atoms with Gasteiger partial charge >= 0.3 is 0 Å². The lowest BCUT2D eigenvalue weighted by molar-refractivity contribution is -0.144. The number of nitrogens with one attached hydrogen (secondary N) is 1. The molecule has 5 heteroatoms. The molecule has 0 bridgehead atoms. The first kappa shape index (κ1) is 17.1. The summed E-state index contributed by atoms with van der Waals surface area (Å²) in [4.78, 5) is 31.6. The van der Waals surface area contributed by atoms with Crippen molar-refractivity contribution < 1.29 is 9.59 Å². The van der Waals surface area contributed by atoms with Crippen LogP contribution in [0, 0.1) is 5.41 Å². The van der Waals surface area contributed by atoms with Gasteiger partial charge in [0.15, 0.2) is 0 Å². The predicted molar refractivity (Wildman–Crippen MR) is 95.8 cm³/mol. The number of aromatic nitrogens is 1. The van der Waals surface area contributed by atoms with Gasteiger partial charge in [-0.05, 0) is 30.5 Å². The first-order chi connectivity index (χ1) is 12.1. The molecule has 0 saturated carbocycles. The number of benzene rings is 1. The van der Waals surface area contributed by atoms with Crippen LogP contribution in [0.3, 0.4) is 0 Å². The molecular weight excluding hydrogens is 314 g/mol. The largest absolute Gasteiger partial charge is 0.355 e. The molecule has 1 fully saturated rings. The van der Waals surface area contributed by atoms with E-state index in [0.29, 0.717) is 32.4 Å². The van der Waals surface area contributed by atoms with Crippen LogP contribution in [0.15, 0.2) is 54.7 Å².